The molecule has 0 aliphatic heterocycles. The number of hydrogen-bond acceptors (Lipinski definition) is 5. The van der Waals surface area contributed by atoms with E-state index in [9.17, 15) is 4.39 Å². The second kappa shape index (κ2) is 11.1. The Labute approximate surface area is 284 Å². The molecule has 4 atom stereocenters. The second-order valence-corrected chi connectivity index (χ2v) is 13.4. The minimum atomic E-state index is -0.262. The fourth-order valence-corrected chi connectivity index (χ4v) is 7.22. The van der Waals surface area contributed by atoms with E-state index in [2.05, 4.69) is 23.6 Å². The summed E-state index contributed by atoms with van der Waals surface area (Å²) >= 11 is 12.4. The predicted octanol–water partition coefficient (Wildman–Crippen LogP) is 8.27. The van der Waals surface area contributed by atoms with Crippen molar-refractivity contribution in [2.24, 2.45) is 0 Å². The molecule has 0 aromatic carbocycles. The zero-order chi connectivity index (χ0) is 32.7. The summed E-state index contributed by atoms with van der Waals surface area (Å²) in [4.78, 5) is 18.8. The number of aromatic nitrogens is 8. The Hall–Kier alpha value is -4.93. The number of fused-ring (bicyclic) bond motifs is 4. The second-order valence-electron chi connectivity index (χ2n) is 12.6. The summed E-state index contributed by atoms with van der Waals surface area (Å²) < 4.78 is 26.6. The largest absolute Gasteiger partial charge is 0.496 e. The number of methoxy groups -OCH3 is 1. The van der Waals surface area contributed by atoms with Gasteiger partial charge in [0, 0.05) is 84.9 Å². The number of nitrogens with zero attached hydrogens (tertiary/aromatic N) is 8. The van der Waals surface area contributed by atoms with Crippen molar-refractivity contribution in [1.29, 1.82) is 0 Å². The number of pyridine rings is 4. The van der Waals surface area contributed by atoms with Crippen LogP contribution in [0, 0.1) is 12.7 Å². The molecule has 9 nitrogen and oxygen atoms in total. The van der Waals surface area contributed by atoms with Gasteiger partial charge < -0.3 is 22.3 Å². The van der Waals surface area contributed by atoms with E-state index in [1.807, 2.05) is 79.6 Å². The minimum Gasteiger partial charge on any atom is -0.496 e. The average Bonchev–Trinajstić information content (AvgIpc) is 3.77. The summed E-state index contributed by atoms with van der Waals surface area (Å²) in [5.41, 5.74) is 8.47. The standard InChI is InChI=1S/C19H17FN4O.C17H12Cl2N4/c1-11-17(25-2)4-6-24-10-16(22-19(11)24)14-8-13(14)15-9-23-5-3-12(20)7-18(23)21-15;18-12-3-1-5-22-8-14(20-16(12)22)10-7-11(10)15-9-23-6-2-4-13(19)17(23)21-15/h3-7,9-10,13-14H,8H2,1-2H3;1-6,8-11H,7H2. The van der Waals surface area contributed by atoms with E-state index >= 15 is 0 Å². The lowest BCUT2D eigenvalue weighted by Crippen LogP contribution is -1.92. The van der Waals surface area contributed by atoms with E-state index in [1.165, 1.54) is 12.1 Å². The highest BCUT2D eigenvalue weighted by molar-refractivity contribution is 6.33. The summed E-state index contributed by atoms with van der Waals surface area (Å²) in [7, 11) is 1.67. The van der Waals surface area contributed by atoms with Gasteiger partial charge in [-0.05, 0) is 56.2 Å². The molecule has 0 radical (unpaired) electrons. The highest BCUT2D eigenvalue weighted by atomic mass is 35.5. The van der Waals surface area contributed by atoms with Gasteiger partial charge in [-0.15, -0.1) is 0 Å². The fraction of sp³-hybridized carbons (Fsp3) is 0.222. The van der Waals surface area contributed by atoms with Crippen LogP contribution in [0.3, 0.4) is 0 Å². The molecule has 8 aromatic heterocycles. The fourth-order valence-electron chi connectivity index (χ4n) is 6.79. The van der Waals surface area contributed by atoms with E-state index in [1.54, 1.807) is 13.3 Å². The van der Waals surface area contributed by atoms with Crippen LogP contribution >= 0.6 is 23.2 Å². The van der Waals surface area contributed by atoms with Crippen LogP contribution in [0.1, 0.15) is 64.9 Å². The predicted molar refractivity (Wildman–Crippen MR) is 182 cm³/mol. The monoisotopic (exact) mass is 678 g/mol. The quantitative estimate of drug-likeness (QED) is 0.183. The van der Waals surface area contributed by atoms with Crippen molar-refractivity contribution in [3.05, 3.63) is 136 Å². The summed E-state index contributed by atoms with van der Waals surface area (Å²) in [6, 6.07) is 12.4. The summed E-state index contributed by atoms with van der Waals surface area (Å²) in [5.74, 6) is 2.08. The Morgan fingerprint density at radius 2 is 1.12 bits per heavy atom. The molecule has 10 rings (SSSR count). The van der Waals surface area contributed by atoms with Crippen molar-refractivity contribution < 1.29 is 9.13 Å². The molecule has 0 saturated heterocycles. The van der Waals surface area contributed by atoms with Crippen LogP contribution in [0.5, 0.6) is 5.75 Å². The smallest absolute Gasteiger partial charge is 0.155 e. The molecule has 2 saturated carbocycles. The summed E-state index contributed by atoms with van der Waals surface area (Å²) in [6.07, 6.45) is 17.9. The molecule has 240 valence electrons. The molecule has 0 N–H and O–H groups in total. The number of halogens is 3. The lowest BCUT2D eigenvalue weighted by atomic mass is 10.2. The Morgan fingerprint density at radius 3 is 1.67 bits per heavy atom. The molecular formula is C36H29Cl2FN8O. The third-order valence-corrected chi connectivity index (χ3v) is 10.1. The van der Waals surface area contributed by atoms with Gasteiger partial charge in [-0.1, -0.05) is 23.2 Å². The van der Waals surface area contributed by atoms with E-state index in [4.69, 9.17) is 42.9 Å². The molecule has 48 heavy (non-hydrogen) atoms. The minimum absolute atomic E-state index is 0.262. The van der Waals surface area contributed by atoms with Gasteiger partial charge in [0.1, 0.15) is 22.9 Å². The van der Waals surface area contributed by atoms with Gasteiger partial charge in [-0.3, -0.25) is 0 Å². The van der Waals surface area contributed by atoms with Crippen LogP contribution in [0.2, 0.25) is 10.0 Å². The van der Waals surface area contributed by atoms with E-state index in [0.717, 1.165) is 63.9 Å². The molecule has 8 heterocycles. The molecule has 12 heteroatoms. The first-order valence-corrected chi connectivity index (χ1v) is 16.5. The van der Waals surface area contributed by atoms with Crippen molar-refractivity contribution in [2.75, 3.05) is 7.11 Å². The molecule has 0 spiro atoms. The summed E-state index contributed by atoms with van der Waals surface area (Å²) in [5, 5.41) is 1.35. The van der Waals surface area contributed by atoms with Crippen LogP contribution < -0.4 is 4.74 Å². The lowest BCUT2D eigenvalue weighted by molar-refractivity contribution is 0.411. The molecule has 2 aliphatic carbocycles. The first kappa shape index (κ1) is 29.2. The average molecular weight is 680 g/mol. The van der Waals surface area contributed by atoms with Gasteiger partial charge in [0.05, 0.1) is 39.9 Å². The maximum Gasteiger partial charge on any atom is 0.155 e. The van der Waals surface area contributed by atoms with Crippen LogP contribution in [0.25, 0.3) is 22.6 Å². The Kier molecular flexibility index (Phi) is 6.74. The van der Waals surface area contributed by atoms with Crippen LogP contribution in [-0.2, 0) is 0 Å². The van der Waals surface area contributed by atoms with Gasteiger partial charge in [0.2, 0.25) is 0 Å². The SMILES string of the molecule is COc1ccn2cc(C3CC3c3cn4ccc(F)cc4n3)nc2c1C.Clc1cccn2cc(C3CC3c3cn4cccc(Cl)c4n3)nc12. The Bertz CT molecular complexity index is 2430. The number of ether oxygens (including phenoxy) is 1. The van der Waals surface area contributed by atoms with Crippen molar-refractivity contribution in [2.45, 2.75) is 43.4 Å². The normalized spacial score (nSPS) is 20.0. The number of hydrogen-bond donors (Lipinski definition) is 0. The molecule has 2 fully saturated rings. The molecular weight excluding hydrogens is 650 g/mol. The molecule has 0 bridgehead atoms. The van der Waals surface area contributed by atoms with Gasteiger partial charge in [-0.2, -0.15) is 0 Å². The number of rotatable bonds is 5. The lowest BCUT2D eigenvalue weighted by Gasteiger charge is -2.04. The van der Waals surface area contributed by atoms with Crippen molar-refractivity contribution >= 4 is 45.8 Å². The van der Waals surface area contributed by atoms with Gasteiger partial charge in [0.25, 0.3) is 0 Å². The van der Waals surface area contributed by atoms with Crippen molar-refractivity contribution in [1.82, 2.24) is 37.5 Å². The topological polar surface area (TPSA) is 78.4 Å². The highest BCUT2D eigenvalue weighted by Gasteiger charge is 2.44. The molecule has 4 unspecified atom stereocenters. The molecule has 2 aliphatic rings. The van der Waals surface area contributed by atoms with Crippen LogP contribution in [0.4, 0.5) is 4.39 Å². The first-order valence-electron chi connectivity index (χ1n) is 15.8. The third-order valence-electron chi connectivity index (χ3n) is 9.51. The van der Waals surface area contributed by atoms with Crippen LogP contribution in [-0.4, -0.2) is 44.6 Å². The van der Waals surface area contributed by atoms with Gasteiger partial charge in [0.15, 0.2) is 11.3 Å². The molecule has 0 amide bonds. The zero-order valence-corrected chi connectivity index (χ0v) is 27.5. The first-order chi connectivity index (χ1) is 23.3. The zero-order valence-electron chi connectivity index (χ0n) is 26.0. The Balaban J connectivity index is 0.000000131. The highest BCUT2D eigenvalue weighted by Crippen LogP contribution is 2.55. The third kappa shape index (κ3) is 4.98. The van der Waals surface area contributed by atoms with Crippen LogP contribution in [0.15, 0.2) is 92.0 Å². The number of imidazole rings is 4. The summed E-state index contributed by atoms with van der Waals surface area (Å²) in [6.45, 7) is 2.02. The molecule has 8 aromatic rings. The van der Waals surface area contributed by atoms with Gasteiger partial charge in [-0.25, -0.2) is 24.3 Å². The van der Waals surface area contributed by atoms with E-state index in [0.29, 0.717) is 39.4 Å². The Morgan fingerprint density at radius 1 is 0.646 bits per heavy atom. The maximum absolute atomic E-state index is 13.3. The van der Waals surface area contributed by atoms with E-state index < -0.39 is 0 Å². The van der Waals surface area contributed by atoms with Gasteiger partial charge >= 0.3 is 0 Å². The van der Waals surface area contributed by atoms with Crippen molar-refractivity contribution in [3.63, 3.8) is 0 Å². The van der Waals surface area contributed by atoms with Crippen molar-refractivity contribution in [3.8, 4) is 5.75 Å². The maximum atomic E-state index is 13.3. The van der Waals surface area contributed by atoms with E-state index in [-0.39, 0.29) is 5.82 Å². The number of aryl methyl sites for hydroxylation is 1.